The van der Waals surface area contributed by atoms with Crippen LogP contribution in [0.4, 0.5) is 0 Å². The van der Waals surface area contributed by atoms with Gasteiger partial charge in [0.2, 0.25) is 11.8 Å². The molecule has 0 saturated heterocycles. The number of hydrogen-bond acceptors (Lipinski definition) is 7. The summed E-state index contributed by atoms with van der Waals surface area (Å²) in [5.74, 6) is -4.80. The van der Waals surface area contributed by atoms with Crippen molar-refractivity contribution in [2.45, 2.75) is 77.7 Å². The lowest BCUT2D eigenvalue weighted by atomic mass is 9.87. The maximum atomic E-state index is 12.6. The number of esters is 1. The number of aliphatic carboxylic acids is 2. The van der Waals surface area contributed by atoms with E-state index in [-0.39, 0.29) is 30.6 Å². The first-order chi connectivity index (χ1) is 15.5. The summed E-state index contributed by atoms with van der Waals surface area (Å²) in [6.07, 6.45) is 1.75. The van der Waals surface area contributed by atoms with E-state index in [9.17, 15) is 24.0 Å². The zero-order valence-corrected chi connectivity index (χ0v) is 19.3. The highest BCUT2D eigenvalue weighted by atomic mass is 16.5. The van der Waals surface area contributed by atoms with Crippen LogP contribution in [-0.2, 0) is 33.4 Å². The molecular weight excluding hydrogens is 436 g/mol. The summed E-state index contributed by atoms with van der Waals surface area (Å²) < 4.78 is 11.2. The smallest absolute Gasteiger partial charge is 0.333 e. The molecule has 0 aromatic carbocycles. The van der Waals surface area contributed by atoms with Gasteiger partial charge < -0.3 is 30.3 Å². The lowest BCUT2D eigenvalue weighted by molar-refractivity contribution is -0.139. The van der Waals surface area contributed by atoms with E-state index >= 15 is 0 Å². The summed E-state index contributed by atoms with van der Waals surface area (Å²) in [4.78, 5) is 59.0. The van der Waals surface area contributed by atoms with Crippen LogP contribution in [0, 0.1) is 0 Å². The van der Waals surface area contributed by atoms with E-state index in [0.29, 0.717) is 18.9 Å². The van der Waals surface area contributed by atoms with Crippen molar-refractivity contribution in [3.8, 4) is 0 Å². The maximum absolute atomic E-state index is 12.6. The second-order valence-electron chi connectivity index (χ2n) is 7.55. The molecule has 11 heteroatoms. The second-order valence-corrected chi connectivity index (χ2v) is 7.55. The molecule has 1 aliphatic carbocycles. The van der Waals surface area contributed by atoms with Crippen LogP contribution in [0.3, 0.4) is 0 Å². The highest BCUT2D eigenvalue weighted by Crippen LogP contribution is 2.25. The average Bonchev–Trinajstić information content (AvgIpc) is 2.72. The number of carbonyl (C=O) groups is 5. The molecule has 0 aromatic heterocycles. The fraction of sp³-hybridized carbons (Fsp3) is 0.591. The van der Waals surface area contributed by atoms with Crippen LogP contribution < -0.4 is 10.6 Å². The molecule has 0 heterocycles. The Morgan fingerprint density at radius 2 is 1.76 bits per heavy atom. The molecule has 0 fully saturated rings. The fourth-order valence-corrected chi connectivity index (χ4v) is 3.49. The molecule has 0 radical (unpaired) electrons. The minimum atomic E-state index is -1.54. The Kier molecular flexibility index (Phi) is 11.3. The molecule has 0 aromatic rings. The molecule has 0 saturated carbocycles. The predicted molar refractivity (Wildman–Crippen MR) is 116 cm³/mol. The van der Waals surface area contributed by atoms with E-state index < -0.39 is 54.0 Å². The van der Waals surface area contributed by atoms with Gasteiger partial charge in [-0.3, -0.25) is 9.59 Å². The summed E-state index contributed by atoms with van der Waals surface area (Å²) in [5, 5.41) is 23.3. The normalized spacial score (nSPS) is 20.6. The molecule has 1 rings (SSSR count). The minimum Gasteiger partial charge on any atom is -0.478 e. The van der Waals surface area contributed by atoms with Crippen LogP contribution in [0.2, 0.25) is 0 Å². The van der Waals surface area contributed by atoms with Crippen LogP contribution >= 0.6 is 0 Å². The number of ether oxygens (including phenoxy) is 2. The fourth-order valence-electron chi connectivity index (χ4n) is 3.49. The SMILES string of the molecule is CCOC(=O)C1=CC(OC(CC)CC)C(NC(C)=O)C(NC(=O)C/C(=C/C(=O)O)C(=O)O)C1. The van der Waals surface area contributed by atoms with Crippen LogP contribution in [0.25, 0.3) is 0 Å². The average molecular weight is 469 g/mol. The van der Waals surface area contributed by atoms with Crippen LogP contribution in [0.5, 0.6) is 0 Å². The van der Waals surface area contributed by atoms with Crippen molar-refractivity contribution in [3.63, 3.8) is 0 Å². The monoisotopic (exact) mass is 468 g/mol. The van der Waals surface area contributed by atoms with Crippen molar-refractivity contribution in [3.05, 3.63) is 23.3 Å². The molecule has 4 N–H and O–H groups in total. The summed E-state index contributed by atoms with van der Waals surface area (Å²) >= 11 is 0. The van der Waals surface area contributed by atoms with E-state index in [2.05, 4.69) is 10.6 Å². The van der Waals surface area contributed by atoms with Gasteiger partial charge in [-0.2, -0.15) is 0 Å². The van der Waals surface area contributed by atoms with Crippen molar-refractivity contribution >= 4 is 29.7 Å². The molecule has 33 heavy (non-hydrogen) atoms. The lowest BCUT2D eigenvalue weighted by Gasteiger charge is -2.38. The molecule has 0 spiro atoms. The second kappa shape index (κ2) is 13.4. The number of carboxylic acid groups (broad SMARTS) is 2. The van der Waals surface area contributed by atoms with Crippen LogP contribution in [-0.4, -0.2) is 70.8 Å². The molecule has 1 aliphatic rings. The number of nitrogens with one attached hydrogen (secondary N) is 2. The van der Waals surface area contributed by atoms with E-state index in [1.54, 1.807) is 13.0 Å². The van der Waals surface area contributed by atoms with E-state index in [1.807, 2.05) is 13.8 Å². The maximum Gasteiger partial charge on any atom is 0.333 e. The Morgan fingerprint density at radius 1 is 1.12 bits per heavy atom. The van der Waals surface area contributed by atoms with Gasteiger partial charge in [0.05, 0.1) is 42.9 Å². The van der Waals surface area contributed by atoms with Crippen molar-refractivity contribution < 1.29 is 43.7 Å². The third kappa shape index (κ3) is 9.05. The Morgan fingerprint density at radius 3 is 2.24 bits per heavy atom. The van der Waals surface area contributed by atoms with Gasteiger partial charge in [0, 0.05) is 25.0 Å². The Labute approximate surface area is 192 Å². The molecule has 2 amide bonds. The lowest BCUT2D eigenvalue weighted by Crippen LogP contribution is -2.59. The molecular formula is C22H32N2O9. The first-order valence-electron chi connectivity index (χ1n) is 10.8. The molecule has 184 valence electrons. The van der Waals surface area contributed by atoms with E-state index in [0.717, 1.165) is 0 Å². The number of amides is 2. The van der Waals surface area contributed by atoms with Gasteiger partial charge in [-0.15, -0.1) is 0 Å². The summed E-state index contributed by atoms with van der Waals surface area (Å²) in [7, 11) is 0. The molecule has 0 bridgehead atoms. The van der Waals surface area contributed by atoms with Crippen molar-refractivity contribution in [1.29, 1.82) is 0 Å². The topological polar surface area (TPSA) is 168 Å². The van der Waals surface area contributed by atoms with E-state index in [4.69, 9.17) is 19.7 Å². The molecule has 11 nitrogen and oxygen atoms in total. The van der Waals surface area contributed by atoms with Gasteiger partial charge in [-0.1, -0.05) is 13.8 Å². The van der Waals surface area contributed by atoms with Crippen molar-refractivity contribution in [2.75, 3.05) is 6.61 Å². The molecule has 3 unspecified atom stereocenters. The molecule has 0 aliphatic heterocycles. The van der Waals surface area contributed by atoms with E-state index in [1.165, 1.54) is 6.92 Å². The highest BCUT2D eigenvalue weighted by Gasteiger charge is 2.38. The van der Waals surface area contributed by atoms with Crippen LogP contribution in [0.1, 0.15) is 53.4 Å². The van der Waals surface area contributed by atoms with Gasteiger partial charge in [0.25, 0.3) is 0 Å². The quantitative estimate of drug-likeness (QED) is 0.240. The Hall–Kier alpha value is -3.21. The number of carboxylic acids is 2. The third-order valence-corrected chi connectivity index (χ3v) is 5.03. The largest absolute Gasteiger partial charge is 0.478 e. The van der Waals surface area contributed by atoms with Gasteiger partial charge in [-0.25, -0.2) is 14.4 Å². The number of rotatable bonds is 12. The predicted octanol–water partition coefficient (Wildman–Crippen LogP) is 0.929. The number of hydrogen-bond donors (Lipinski definition) is 4. The van der Waals surface area contributed by atoms with Gasteiger partial charge >= 0.3 is 17.9 Å². The Bertz CT molecular complexity index is 815. The summed E-state index contributed by atoms with van der Waals surface area (Å²) in [6, 6.07) is -1.58. The number of carbonyl (C=O) groups excluding carboxylic acids is 3. The summed E-state index contributed by atoms with van der Waals surface area (Å²) in [5.41, 5.74) is -0.364. The van der Waals surface area contributed by atoms with Gasteiger partial charge in [0.15, 0.2) is 0 Å². The van der Waals surface area contributed by atoms with Crippen LogP contribution in [0.15, 0.2) is 23.3 Å². The highest BCUT2D eigenvalue weighted by molar-refractivity contribution is 5.99. The third-order valence-electron chi connectivity index (χ3n) is 5.03. The standard InChI is InChI=1S/C22H32N2O9/c1-5-15(6-2)33-17-9-14(22(31)32-7-3)8-16(20(17)23-12(4)25)24-18(26)10-13(21(29)30)11-19(27)28/h9,11,15-17,20H,5-8,10H2,1-4H3,(H,23,25)(H,24,26)(H,27,28)(H,29,30)/b13-11-. The van der Waals surface area contributed by atoms with Crippen molar-refractivity contribution in [2.24, 2.45) is 0 Å². The Balaban J connectivity index is 3.26. The van der Waals surface area contributed by atoms with Gasteiger partial charge in [0.1, 0.15) is 0 Å². The van der Waals surface area contributed by atoms with Crippen molar-refractivity contribution in [1.82, 2.24) is 10.6 Å². The van der Waals surface area contributed by atoms with Gasteiger partial charge in [-0.05, 0) is 25.8 Å². The first-order valence-corrected chi connectivity index (χ1v) is 10.8. The summed E-state index contributed by atoms with van der Waals surface area (Å²) in [6.45, 7) is 6.96. The zero-order valence-electron chi connectivity index (χ0n) is 19.3. The molecule has 3 atom stereocenters. The minimum absolute atomic E-state index is 0.00332. The first kappa shape index (κ1) is 27.8. The zero-order chi connectivity index (χ0) is 25.1.